The summed E-state index contributed by atoms with van der Waals surface area (Å²) in [6.07, 6.45) is 1.29. The number of amides is 1. The number of fused-ring (bicyclic) bond motifs is 1. The molecule has 1 aromatic heterocycles. The average Bonchev–Trinajstić information content (AvgIpc) is 2.55. The van der Waals surface area contributed by atoms with E-state index < -0.39 is 5.91 Å². The van der Waals surface area contributed by atoms with Crippen LogP contribution in [0.5, 0.6) is 0 Å². The van der Waals surface area contributed by atoms with Crippen molar-refractivity contribution in [2.45, 2.75) is 0 Å². The Bertz CT molecular complexity index is 682. The molecule has 0 radical (unpaired) electrons. The van der Waals surface area contributed by atoms with Gasteiger partial charge in [0.2, 0.25) is 5.82 Å². The van der Waals surface area contributed by atoms with Crippen molar-refractivity contribution in [1.82, 2.24) is 20.5 Å². The van der Waals surface area contributed by atoms with Crippen LogP contribution in [0.1, 0.15) is 10.6 Å². The molecule has 1 aliphatic rings. The number of rotatable bonds is 3. The zero-order valence-electron chi connectivity index (χ0n) is 11.5. The third-order valence-corrected chi connectivity index (χ3v) is 3.25. The molecule has 3 rings (SSSR count). The van der Waals surface area contributed by atoms with E-state index in [4.69, 9.17) is 4.74 Å². The zero-order valence-corrected chi connectivity index (χ0v) is 11.5. The van der Waals surface area contributed by atoms with Crippen molar-refractivity contribution in [2.75, 3.05) is 31.2 Å². The molecule has 1 aliphatic heterocycles. The highest BCUT2D eigenvalue weighted by Gasteiger charge is 2.14. The molecule has 1 N–H and O–H groups in total. The first kappa shape index (κ1) is 13.4. The van der Waals surface area contributed by atoms with Gasteiger partial charge >= 0.3 is 0 Å². The van der Waals surface area contributed by atoms with Crippen molar-refractivity contribution in [3.63, 3.8) is 0 Å². The molecule has 0 aliphatic carbocycles. The Labute approximate surface area is 121 Å². The van der Waals surface area contributed by atoms with Gasteiger partial charge in [-0.2, -0.15) is 0 Å². The van der Waals surface area contributed by atoms with E-state index >= 15 is 0 Å². The van der Waals surface area contributed by atoms with Crippen molar-refractivity contribution in [3.8, 4) is 0 Å². The van der Waals surface area contributed by atoms with E-state index in [9.17, 15) is 4.79 Å². The second-order valence-corrected chi connectivity index (χ2v) is 4.59. The Hall–Kier alpha value is -2.54. The minimum absolute atomic E-state index is 0.0292. The van der Waals surface area contributed by atoms with Crippen LogP contribution in [-0.2, 0) is 4.74 Å². The fourth-order valence-electron chi connectivity index (χ4n) is 2.20. The normalized spacial score (nSPS) is 15.0. The number of morpholine rings is 1. The number of hydrogen-bond donors (Lipinski definition) is 1. The van der Waals surface area contributed by atoms with Crippen LogP contribution in [-0.4, -0.2) is 47.4 Å². The molecule has 0 spiro atoms. The first-order chi connectivity index (χ1) is 10.3. The van der Waals surface area contributed by atoms with Gasteiger partial charge in [0.05, 0.1) is 18.7 Å². The number of nitrogens with zero attached hydrogens (tertiary/aromatic N) is 4. The van der Waals surface area contributed by atoms with Crippen molar-refractivity contribution in [3.05, 3.63) is 36.8 Å². The third-order valence-electron chi connectivity index (χ3n) is 3.25. The van der Waals surface area contributed by atoms with Gasteiger partial charge in [0.25, 0.3) is 5.91 Å². The second-order valence-electron chi connectivity index (χ2n) is 4.59. The molecule has 1 fully saturated rings. The van der Waals surface area contributed by atoms with E-state index in [1.807, 2.05) is 18.2 Å². The minimum atomic E-state index is -0.420. The number of benzene rings is 1. The summed E-state index contributed by atoms with van der Waals surface area (Å²) in [6, 6.07) is 5.75. The molecule has 21 heavy (non-hydrogen) atoms. The number of anilines is 1. The number of aromatic nitrogens is 3. The van der Waals surface area contributed by atoms with Crippen molar-refractivity contribution in [2.24, 2.45) is 0 Å². The maximum absolute atomic E-state index is 11.7. The summed E-state index contributed by atoms with van der Waals surface area (Å²) in [5.74, 6) is -0.391. The molecule has 1 aromatic carbocycles. The largest absolute Gasteiger partial charge is 0.378 e. The maximum Gasteiger partial charge on any atom is 0.294 e. The van der Waals surface area contributed by atoms with Crippen LogP contribution < -0.4 is 10.2 Å². The van der Waals surface area contributed by atoms with Gasteiger partial charge in [-0.3, -0.25) is 4.79 Å². The van der Waals surface area contributed by atoms with E-state index in [0.29, 0.717) is 24.2 Å². The van der Waals surface area contributed by atoms with Gasteiger partial charge in [-0.15, -0.1) is 10.2 Å². The predicted octanol–water partition coefficient (Wildman–Crippen LogP) is 0.735. The number of carbonyl (C=O) groups excluding carboxylic acids is 1. The van der Waals surface area contributed by atoms with Crippen LogP contribution in [0.3, 0.4) is 0 Å². The molecular weight excluding hydrogens is 270 g/mol. The summed E-state index contributed by atoms with van der Waals surface area (Å²) >= 11 is 0. The second kappa shape index (κ2) is 5.84. The molecular formula is C14H15N5O2. The summed E-state index contributed by atoms with van der Waals surface area (Å²) in [6.45, 7) is 6.55. The van der Waals surface area contributed by atoms with E-state index in [-0.39, 0.29) is 5.82 Å². The number of nitrogens with one attached hydrogen (secondary N) is 1. The third kappa shape index (κ3) is 2.82. The lowest BCUT2D eigenvalue weighted by Gasteiger charge is -2.28. The fraction of sp³-hybridized carbons (Fsp3) is 0.286. The molecule has 108 valence electrons. The van der Waals surface area contributed by atoms with E-state index in [0.717, 1.165) is 18.8 Å². The lowest BCUT2D eigenvalue weighted by Crippen LogP contribution is -2.36. The van der Waals surface area contributed by atoms with Crippen LogP contribution >= 0.6 is 0 Å². The van der Waals surface area contributed by atoms with Gasteiger partial charge in [-0.1, -0.05) is 6.58 Å². The Morgan fingerprint density at radius 2 is 2.10 bits per heavy atom. The molecule has 0 unspecified atom stereocenters. The number of carbonyl (C=O) groups is 1. The van der Waals surface area contributed by atoms with Crippen molar-refractivity contribution < 1.29 is 9.53 Å². The van der Waals surface area contributed by atoms with Gasteiger partial charge in [0.15, 0.2) is 0 Å². The maximum atomic E-state index is 11.7. The average molecular weight is 285 g/mol. The van der Waals surface area contributed by atoms with E-state index in [1.165, 1.54) is 6.20 Å². The molecule has 2 aromatic rings. The summed E-state index contributed by atoms with van der Waals surface area (Å²) in [5.41, 5.74) is 2.34. The van der Waals surface area contributed by atoms with Crippen LogP contribution in [0.2, 0.25) is 0 Å². The summed E-state index contributed by atoms with van der Waals surface area (Å²) in [5, 5.41) is 10.3. The summed E-state index contributed by atoms with van der Waals surface area (Å²) in [7, 11) is 0. The first-order valence-corrected chi connectivity index (χ1v) is 6.67. The van der Waals surface area contributed by atoms with Crippen molar-refractivity contribution in [1.29, 1.82) is 0 Å². The molecule has 0 atom stereocenters. The molecule has 0 bridgehead atoms. The van der Waals surface area contributed by atoms with Gasteiger partial charge in [0.1, 0.15) is 5.52 Å². The first-order valence-electron chi connectivity index (χ1n) is 6.67. The van der Waals surface area contributed by atoms with Gasteiger partial charge in [-0.05, 0) is 24.4 Å². The highest BCUT2D eigenvalue weighted by molar-refractivity contribution is 5.92. The van der Waals surface area contributed by atoms with Gasteiger partial charge in [-0.25, -0.2) is 4.98 Å². The predicted molar refractivity (Wildman–Crippen MR) is 78.0 cm³/mol. The van der Waals surface area contributed by atoms with Crippen LogP contribution in [0, 0.1) is 0 Å². The number of ether oxygens (including phenoxy) is 1. The van der Waals surface area contributed by atoms with E-state index in [1.54, 1.807) is 0 Å². The zero-order chi connectivity index (χ0) is 14.7. The molecule has 0 saturated carbocycles. The standard InChI is InChI=1S/C14H15N5O2/c1-2-15-14(20)13-16-12-9-10(3-4-11(12)17-18-13)19-5-7-21-8-6-19/h2-4,9H,1,5-8H2,(H,15,20). The Balaban J connectivity index is 1.94. The molecule has 1 amide bonds. The summed E-state index contributed by atoms with van der Waals surface area (Å²) < 4.78 is 5.34. The quantitative estimate of drug-likeness (QED) is 0.895. The monoisotopic (exact) mass is 285 g/mol. The topological polar surface area (TPSA) is 80.2 Å². The minimum Gasteiger partial charge on any atom is -0.378 e. The fourth-order valence-corrected chi connectivity index (χ4v) is 2.20. The van der Waals surface area contributed by atoms with Crippen molar-refractivity contribution >= 4 is 22.6 Å². The lowest BCUT2D eigenvalue weighted by atomic mass is 10.2. The summed E-state index contributed by atoms with van der Waals surface area (Å²) in [4.78, 5) is 18.2. The van der Waals surface area contributed by atoms with E-state index in [2.05, 4.69) is 32.0 Å². The number of hydrogen-bond acceptors (Lipinski definition) is 6. The lowest BCUT2D eigenvalue weighted by molar-refractivity contribution is 0.0959. The van der Waals surface area contributed by atoms with Gasteiger partial charge in [0, 0.05) is 18.8 Å². The molecule has 1 saturated heterocycles. The SMILES string of the molecule is C=CNC(=O)c1nnc2ccc(N3CCOCC3)cc2n1. The molecule has 7 heteroatoms. The Morgan fingerprint density at radius 3 is 2.86 bits per heavy atom. The van der Waals surface area contributed by atoms with Crippen LogP contribution in [0.4, 0.5) is 5.69 Å². The Morgan fingerprint density at radius 1 is 1.29 bits per heavy atom. The highest BCUT2D eigenvalue weighted by atomic mass is 16.5. The van der Waals surface area contributed by atoms with Crippen LogP contribution in [0.15, 0.2) is 31.0 Å². The molecule has 7 nitrogen and oxygen atoms in total. The Kier molecular flexibility index (Phi) is 3.74. The van der Waals surface area contributed by atoms with Gasteiger partial charge < -0.3 is 15.0 Å². The highest BCUT2D eigenvalue weighted by Crippen LogP contribution is 2.20. The van der Waals surface area contributed by atoms with Crippen LogP contribution in [0.25, 0.3) is 11.0 Å². The smallest absolute Gasteiger partial charge is 0.294 e. The molecule has 2 heterocycles.